The number of hydrogen-bond acceptors (Lipinski definition) is 3. The number of benzene rings is 1. The number of carbonyl (C=O) groups is 1. The maximum atomic E-state index is 10.6. The van der Waals surface area contributed by atoms with E-state index in [4.69, 9.17) is 10.3 Å². The smallest absolute Gasteiger partial charge is 0.307 e. The molecule has 0 spiro atoms. The molecule has 2 N–H and O–H groups in total. The number of hydrogen-bond donors (Lipinski definition) is 2. The number of aliphatic carboxylic acids is 1. The van der Waals surface area contributed by atoms with Crippen LogP contribution in [0.2, 0.25) is 0 Å². The first-order valence-electron chi connectivity index (χ1n) is 6.69. The van der Waals surface area contributed by atoms with E-state index < -0.39 is 5.97 Å². The topological polar surface area (TPSA) is 69.9 Å². The van der Waals surface area contributed by atoms with Crippen LogP contribution in [0.1, 0.15) is 36.8 Å². The third kappa shape index (κ3) is 3.81. The Bertz CT molecular complexity index is 465. The molecule has 1 saturated carbocycles. The van der Waals surface area contributed by atoms with Crippen LogP contribution in [0.15, 0.2) is 29.4 Å². The van der Waals surface area contributed by atoms with E-state index in [1.54, 1.807) is 0 Å². The molecule has 1 aromatic rings. The first-order valence-corrected chi connectivity index (χ1v) is 6.69. The first kappa shape index (κ1) is 13.6. The Kier molecular flexibility index (Phi) is 4.55. The summed E-state index contributed by atoms with van der Waals surface area (Å²) in [7, 11) is 0. The van der Waals surface area contributed by atoms with Gasteiger partial charge in [-0.25, -0.2) is 0 Å². The van der Waals surface area contributed by atoms with E-state index in [2.05, 4.69) is 5.16 Å². The summed E-state index contributed by atoms with van der Waals surface area (Å²) in [4.78, 5) is 10.6. The van der Waals surface area contributed by atoms with Gasteiger partial charge in [-0.1, -0.05) is 35.8 Å². The molecule has 0 aromatic heterocycles. The summed E-state index contributed by atoms with van der Waals surface area (Å²) in [5, 5.41) is 21.1. The zero-order valence-electron chi connectivity index (χ0n) is 10.9. The van der Waals surface area contributed by atoms with E-state index in [1.165, 1.54) is 12.0 Å². The van der Waals surface area contributed by atoms with Crippen molar-refractivity contribution in [2.24, 2.45) is 11.1 Å². The van der Waals surface area contributed by atoms with Gasteiger partial charge >= 0.3 is 5.97 Å². The van der Waals surface area contributed by atoms with E-state index in [-0.39, 0.29) is 6.42 Å². The molecule has 0 radical (unpaired) electrons. The number of oxime groups is 1. The Balaban J connectivity index is 2.00. The molecule has 0 aliphatic heterocycles. The molecule has 0 amide bonds. The van der Waals surface area contributed by atoms with E-state index in [1.807, 2.05) is 24.3 Å². The fraction of sp³-hybridized carbons (Fsp3) is 0.467. The molecular weight excluding hydrogens is 242 g/mol. The van der Waals surface area contributed by atoms with Crippen LogP contribution in [0, 0.1) is 5.92 Å². The van der Waals surface area contributed by atoms with Gasteiger partial charge in [0.25, 0.3) is 0 Å². The largest absolute Gasteiger partial charge is 0.481 e. The number of rotatable bonds is 4. The predicted octanol–water partition coefficient (Wildman–Crippen LogP) is 2.88. The molecule has 19 heavy (non-hydrogen) atoms. The number of carboxylic acids is 1. The van der Waals surface area contributed by atoms with Crippen LogP contribution < -0.4 is 0 Å². The summed E-state index contributed by atoms with van der Waals surface area (Å²) < 4.78 is 0. The highest BCUT2D eigenvalue weighted by Crippen LogP contribution is 2.25. The zero-order valence-corrected chi connectivity index (χ0v) is 10.9. The van der Waals surface area contributed by atoms with Crippen LogP contribution in [-0.4, -0.2) is 22.0 Å². The minimum Gasteiger partial charge on any atom is -0.481 e. The molecule has 4 heteroatoms. The number of carboxylic acid groups (broad SMARTS) is 1. The predicted molar refractivity (Wildman–Crippen MR) is 72.7 cm³/mol. The second-order valence-electron chi connectivity index (χ2n) is 5.13. The number of nitrogens with zero attached hydrogens (tertiary/aromatic N) is 1. The molecule has 102 valence electrons. The minimum atomic E-state index is -0.810. The summed E-state index contributed by atoms with van der Waals surface area (Å²) >= 11 is 0. The lowest BCUT2D eigenvalue weighted by Crippen LogP contribution is -2.21. The van der Waals surface area contributed by atoms with Crippen molar-refractivity contribution in [3.8, 4) is 0 Å². The van der Waals surface area contributed by atoms with Crippen molar-refractivity contribution < 1.29 is 15.1 Å². The third-order valence-electron chi connectivity index (χ3n) is 3.70. The maximum absolute atomic E-state index is 10.6. The lowest BCUT2D eigenvalue weighted by Gasteiger charge is -2.22. The van der Waals surface area contributed by atoms with Gasteiger partial charge in [-0.3, -0.25) is 4.79 Å². The Hall–Kier alpha value is -1.84. The van der Waals surface area contributed by atoms with Gasteiger partial charge in [-0.15, -0.1) is 0 Å². The van der Waals surface area contributed by atoms with Gasteiger partial charge in [-0.2, -0.15) is 0 Å². The summed E-state index contributed by atoms with van der Waals surface area (Å²) in [6, 6.07) is 7.67. The monoisotopic (exact) mass is 261 g/mol. The molecule has 1 aliphatic carbocycles. The Morgan fingerprint density at radius 2 is 1.89 bits per heavy atom. The highest BCUT2D eigenvalue weighted by Gasteiger charge is 2.21. The summed E-state index contributed by atoms with van der Waals surface area (Å²) in [6.45, 7) is 0. The molecule has 1 unspecified atom stereocenters. The SMILES string of the molecule is O=C(O)Cc1ccc(CC2CCCCC2=NO)cc1. The van der Waals surface area contributed by atoms with Crippen molar-refractivity contribution in [3.05, 3.63) is 35.4 Å². The average molecular weight is 261 g/mol. The van der Waals surface area contributed by atoms with E-state index in [0.29, 0.717) is 5.92 Å². The fourth-order valence-corrected chi connectivity index (χ4v) is 2.67. The van der Waals surface area contributed by atoms with Crippen LogP contribution in [0.3, 0.4) is 0 Å². The summed E-state index contributed by atoms with van der Waals surface area (Å²) in [6.07, 6.45) is 5.17. The maximum Gasteiger partial charge on any atom is 0.307 e. The zero-order chi connectivity index (χ0) is 13.7. The van der Waals surface area contributed by atoms with Gasteiger partial charge in [0.15, 0.2) is 0 Å². The average Bonchev–Trinajstić information content (AvgIpc) is 2.41. The highest BCUT2D eigenvalue weighted by molar-refractivity contribution is 5.87. The van der Waals surface area contributed by atoms with Gasteiger partial charge in [0.05, 0.1) is 12.1 Å². The van der Waals surface area contributed by atoms with E-state index >= 15 is 0 Å². The molecule has 1 atom stereocenters. The second kappa shape index (κ2) is 6.36. The van der Waals surface area contributed by atoms with Gasteiger partial charge in [-0.05, 0) is 36.8 Å². The molecule has 4 nitrogen and oxygen atoms in total. The van der Waals surface area contributed by atoms with Crippen LogP contribution >= 0.6 is 0 Å². The van der Waals surface area contributed by atoms with Gasteiger partial charge < -0.3 is 10.3 Å². The van der Waals surface area contributed by atoms with Crippen LogP contribution in [0.5, 0.6) is 0 Å². The standard InChI is InChI=1S/C15H19NO3/c17-15(18)10-12-7-5-11(6-8-12)9-13-3-1-2-4-14(13)16-19/h5-8,13,19H,1-4,9-10H2,(H,17,18). The molecular formula is C15H19NO3. The normalized spacial score (nSPS) is 21.5. The van der Waals surface area contributed by atoms with Gasteiger partial charge in [0.2, 0.25) is 0 Å². The fourth-order valence-electron chi connectivity index (χ4n) is 2.67. The molecule has 1 aliphatic rings. The first-order chi connectivity index (χ1) is 9.19. The molecule has 0 saturated heterocycles. The minimum absolute atomic E-state index is 0.0626. The molecule has 1 fully saturated rings. The van der Waals surface area contributed by atoms with Crippen LogP contribution in [0.25, 0.3) is 0 Å². The van der Waals surface area contributed by atoms with Crippen LogP contribution in [0.4, 0.5) is 0 Å². The molecule has 2 rings (SSSR count). The molecule has 0 heterocycles. The quantitative estimate of drug-likeness (QED) is 0.646. The van der Waals surface area contributed by atoms with Crippen molar-refractivity contribution in [2.75, 3.05) is 0 Å². The molecule has 1 aromatic carbocycles. The summed E-state index contributed by atoms with van der Waals surface area (Å²) in [5.41, 5.74) is 2.89. The van der Waals surface area contributed by atoms with Crippen molar-refractivity contribution >= 4 is 11.7 Å². The Morgan fingerprint density at radius 3 is 2.53 bits per heavy atom. The highest BCUT2D eigenvalue weighted by atomic mass is 16.4. The van der Waals surface area contributed by atoms with Crippen molar-refractivity contribution in [1.29, 1.82) is 0 Å². The lowest BCUT2D eigenvalue weighted by molar-refractivity contribution is -0.136. The van der Waals surface area contributed by atoms with Gasteiger partial charge in [0, 0.05) is 5.92 Å². The third-order valence-corrected chi connectivity index (χ3v) is 3.70. The van der Waals surface area contributed by atoms with Gasteiger partial charge in [0.1, 0.15) is 0 Å². The van der Waals surface area contributed by atoms with Crippen molar-refractivity contribution in [3.63, 3.8) is 0 Å². The second-order valence-corrected chi connectivity index (χ2v) is 5.13. The van der Waals surface area contributed by atoms with E-state index in [0.717, 1.165) is 37.0 Å². The van der Waals surface area contributed by atoms with Crippen LogP contribution in [-0.2, 0) is 17.6 Å². The van der Waals surface area contributed by atoms with E-state index in [9.17, 15) is 4.79 Å². The Labute approximate surface area is 112 Å². The van der Waals surface area contributed by atoms with Crippen molar-refractivity contribution in [1.82, 2.24) is 0 Å². The van der Waals surface area contributed by atoms with Crippen molar-refractivity contribution in [2.45, 2.75) is 38.5 Å². The Morgan fingerprint density at radius 1 is 1.21 bits per heavy atom. The lowest BCUT2D eigenvalue weighted by atomic mass is 9.83. The molecule has 0 bridgehead atoms. The summed E-state index contributed by atoms with van der Waals surface area (Å²) in [5.74, 6) is -0.487.